The summed E-state index contributed by atoms with van der Waals surface area (Å²) in [6, 6.07) is 9.62. The highest BCUT2D eigenvalue weighted by Gasteiger charge is 2.14. The van der Waals surface area contributed by atoms with Gasteiger partial charge in [0.1, 0.15) is 0 Å². The van der Waals surface area contributed by atoms with E-state index in [1.165, 1.54) is 0 Å². The molecule has 21 heavy (non-hydrogen) atoms. The maximum Gasteiger partial charge on any atom is 0.252 e. The summed E-state index contributed by atoms with van der Waals surface area (Å²) in [4.78, 5) is 13.6. The third-order valence-electron chi connectivity index (χ3n) is 3.13. The molecule has 0 fully saturated rings. The van der Waals surface area contributed by atoms with Gasteiger partial charge in [-0.15, -0.1) is 11.3 Å². The van der Waals surface area contributed by atoms with Crippen molar-refractivity contribution >= 4 is 17.2 Å². The number of rotatable bonds is 3. The Morgan fingerprint density at radius 2 is 2.24 bits per heavy atom. The maximum atomic E-state index is 12.4. The van der Waals surface area contributed by atoms with Gasteiger partial charge in [0, 0.05) is 16.0 Å². The minimum absolute atomic E-state index is 0.00400. The van der Waals surface area contributed by atoms with Crippen molar-refractivity contribution in [2.75, 3.05) is 6.54 Å². The summed E-state index contributed by atoms with van der Waals surface area (Å²) in [7, 11) is 0. The molecule has 0 radical (unpaired) electrons. The van der Waals surface area contributed by atoms with E-state index < -0.39 is 0 Å². The van der Waals surface area contributed by atoms with Crippen molar-refractivity contribution in [2.24, 2.45) is 5.73 Å². The Morgan fingerprint density at radius 1 is 1.43 bits per heavy atom. The van der Waals surface area contributed by atoms with Crippen LogP contribution in [0.3, 0.4) is 0 Å². The second kappa shape index (κ2) is 7.07. The molecule has 1 aromatic carbocycles. The monoisotopic (exact) mass is 298 g/mol. The molecule has 0 saturated heterocycles. The van der Waals surface area contributed by atoms with Gasteiger partial charge in [0.25, 0.3) is 5.91 Å². The average Bonchev–Trinajstić information content (AvgIpc) is 3.00. The van der Waals surface area contributed by atoms with Gasteiger partial charge in [-0.25, -0.2) is 0 Å². The molecule has 0 aliphatic carbocycles. The molecule has 2 rings (SSSR count). The normalized spacial score (nSPS) is 11.4. The molecule has 1 atom stereocenters. The summed E-state index contributed by atoms with van der Waals surface area (Å²) in [5.41, 5.74) is 7.77. The number of amides is 1. The van der Waals surface area contributed by atoms with Crippen molar-refractivity contribution in [3.8, 4) is 11.8 Å². The van der Waals surface area contributed by atoms with E-state index in [1.807, 2.05) is 49.6 Å². The molecule has 0 saturated carbocycles. The van der Waals surface area contributed by atoms with Crippen LogP contribution in [-0.2, 0) is 0 Å². The molecule has 1 amide bonds. The molecule has 1 aromatic heterocycles. The lowest BCUT2D eigenvalue weighted by atomic mass is 10.0. The van der Waals surface area contributed by atoms with Crippen LogP contribution in [0.5, 0.6) is 0 Å². The largest absolute Gasteiger partial charge is 0.345 e. The van der Waals surface area contributed by atoms with Gasteiger partial charge in [-0.2, -0.15) is 0 Å². The van der Waals surface area contributed by atoms with Crippen LogP contribution in [0.1, 0.15) is 39.3 Å². The zero-order chi connectivity index (χ0) is 15.2. The average molecular weight is 298 g/mol. The van der Waals surface area contributed by atoms with E-state index in [0.29, 0.717) is 12.1 Å². The third-order valence-corrected chi connectivity index (χ3v) is 4.19. The van der Waals surface area contributed by atoms with Crippen molar-refractivity contribution in [1.82, 2.24) is 5.32 Å². The van der Waals surface area contributed by atoms with Crippen LogP contribution in [0.2, 0.25) is 0 Å². The zero-order valence-electron chi connectivity index (χ0n) is 12.1. The Kier molecular flexibility index (Phi) is 5.15. The van der Waals surface area contributed by atoms with Gasteiger partial charge in [-0.05, 0) is 43.0 Å². The highest BCUT2D eigenvalue weighted by Crippen LogP contribution is 2.19. The fraction of sp³-hybridized carbons (Fsp3) is 0.235. The number of aryl methyl sites for hydroxylation is 1. The minimum atomic E-state index is -0.0789. The Morgan fingerprint density at radius 3 is 2.90 bits per heavy atom. The van der Waals surface area contributed by atoms with E-state index in [9.17, 15) is 4.79 Å². The quantitative estimate of drug-likeness (QED) is 0.856. The molecule has 0 bridgehead atoms. The fourth-order valence-electron chi connectivity index (χ4n) is 1.98. The second-order valence-corrected chi connectivity index (χ2v) is 5.73. The van der Waals surface area contributed by atoms with Crippen molar-refractivity contribution in [3.63, 3.8) is 0 Å². The van der Waals surface area contributed by atoms with Gasteiger partial charge in [0.15, 0.2) is 0 Å². The van der Waals surface area contributed by atoms with Crippen LogP contribution in [0.25, 0.3) is 0 Å². The lowest BCUT2D eigenvalue weighted by Gasteiger charge is -2.13. The van der Waals surface area contributed by atoms with E-state index >= 15 is 0 Å². The van der Waals surface area contributed by atoms with E-state index in [2.05, 4.69) is 17.2 Å². The standard InChI is InChI=1S/C17H18N2OS/c1-12-7-8-14(5-3-9-18)11-15(12)17(20)19-13(2)16-6-4-10-21-16/h4,6-8,10-11,13H,9,18H2,1-2H3,(H,19,20). The molecule has 1 heterocycles. The molecule has 0 aliphatic rings. The van der Waals surface area contributed by atoms with Gasteiger partial charge < -0.3 is 11.1 Å². The molecular weight excluding hydrogens is 280 g/mol. The first-order chi connectivity index (χ1) is 10.1. The van der Waals surface area contributed by atoms with E-state index in [1.54, 1.807) is 11.3 Å². The third kappa shape index (κ3) is 3.94. The number of hydrogen-bond acceptors (Lipinski definition) is 3. The van der Waals surface area contributed by atoms with Gasteiger partial charge in [-0.3, -0.25) is 4.79 Å². The van der Waals surface area contributed by atoms with Gasteiger partial charge in [-0.1, -0.05) is 24.0 Å². The Hall–Kier alpha value is -2.09. The van der Waals surface area contributed by atoms with E-state index in [0.717, 1.165) is 16.0 Å². The van der Waals surface area contributed by atoms with Crippen LogP contribution < -0.4 is 11.1 Å². The van der Waals surface area contributed by atoms with Crippen molar-refractivity contribution in [3.05, 3.63) is 57.3 Å². The Bertz CT molecular complexity index is 681. The summed E-state index contributed by atoms with van der Waals surface area (Å²) in [6.45, 7) is 4.22. The molecule has 1 unspecified atom stereocenters. The molecule has 0 spiro atoms. The maximum absolute atomic E-state index is 12.4. The van der Waals surface area contributed by atoms with Crippen LogP contribution in [-0.4, -0.2) is 12.5 Å². The highest BCUT2D eigenvalue weighted by molar-refractivity contribution is 7.10. The SMILES string of the molecule is Cc1ccc(C#CCN)cc1C(=O)NC(C)c1cccs1. The van der Waals surface area contributed by atoms with E-state index in [-0.39, 0.29) is 11.9 Å². The Balaban J connectivity index is 2.18. The lowest BCUT2D eigenvalue weighted by molar-refractivity contribution is 0.0940. The van der Waals surface area contributed by atoms with Crippen molar-refractivity contribution < 1.29 is 4.79 Å². The summed E-state index contributed by atoms with van der Waals surface area (Å²) < 4.78 is 0. The highest BCUT2D eigenvalue weighted by atomic mass is 32.1. The molecule has 3 nitrogen and oxygen atoms in total. The van der Waals surface area contributed by atoms with Crippen molar-refractivity contribution in [2.45, 2.75) is 19.9 Å². The Labute approximate surface area is 129 Å². The zero-order valence-corrected chi connectivity index (χ0v) is 13.0. The number of hydrogen-bond donors (Lipinski definition) is 2. The minimum Gasteiger partial charge on any atom is -0.345 e. The van der Waals surface area contributed by atoms with Gasteiger partial charge in [0.2, 0.25) is 0 Å². The number of carbonyl (C=O) groups is 1. The molecule has 4 heteroatoms. The summed E-state index contributed by atoms with van der Waals surface area (Å²) >= 11 is 1.64. The lowest BCUT2D eigenvalue weighted by Crippen LogP contribution is -2.26. The fourth-order valence-corrected chi connectivity index (χ4v) is 2.72. The summed E-state index contributed by atoms with van der Waals surface area (Å²) in [5.74, 6) is 5.68. The van der Waals surface area contributed by atoms with E-state index in [4.69, 9.17) is 5.73 Å². The van der Waals surface area contributed by atoms with Crippen LogP contribution in [0.15, 0.2) is 35.7 Å². The van der Waals surface area contributed by atoms with Crippen LogP contribution >= 0.6 is 11.3 Å². The van der Waals surface area contributed by atoms with Crippen LogP contribution in [0, 0.1) is 18.8 Å². The predicted molar refractivity (Wildman–Crippen MR) is 87.3 cm³/mol. The molecule has 108 valence electrons. The second-order valence-electron chi connectivity index (χ2n) is 4.75. The van der Waals surface area contributed by atoms with Gasteiger partial charge in [0.05, 0.1) is 12.6 Å². The number of nitrogens with one attached hydrogen (secondary N) is 1. The predicted octanol–water partition coefficient (Wildman–Crippen LogP) is 2.86. The summed E-state index contributed by atoms with van der Waals surface area (Å²) in [6.07, 6.45) is 0. The smallest absolute Gasteiger partial charge is 0.252 e. The number of nitrogens with two attached hydrogens (primary N) is 1. The topological polar surface area (TPSA) is 55.1 Å². The first kappa shape index (κ1) is 15.3. The van der Waals surface area contributed by atoms with Gasteiger partial charge >= 0.3 is 0 Å². The molecular formula is C17H18N2OS. The number of carbonyl (C=O) groups excluding carboxylic acids is 1. The van der Waals surface area contributed by atoms with Crippen molar-refractivity contribution in [1.29, 1.82) is 0 Å². The number of thiophene rings is 1. The number of benzene rings is 1. The molecule has 2 aromatic rings. The first-order valence-electron chi connectivity index (χ1n) is 6.75. The first-order valence-corrected chi connectivity index (χ1v) is 7.63. The summed E-state index contributed by atoms with van der Waals surface area (Å²) in [5, 5.41) is 5.03. The molecule has 3 N–H and O–H groups in total. The molecule has 0 aliphatic heterocycles. The van der Waals surface area contributed by atoms with Crippen LogP contribution in [0.4, 0.5) is 0 Å².